The van der Waals surface area contributed by atoms with Crippen LogP contribution in [0, 0.1) is 0 Å². The van der Waals surface area contributed by atoms with Gasteiger partial charge in [-0.3, -0.25) is 0 Å². The van der Waals surface area contributed by atoms with Gasteiger partial charge in [0.25, 0.3) is 0 Å². The molecule has 2 N–H and O–H groups in total. The zero-order valence-electron chi connectivity index (χ0n) is 17.2. The van der Waals surface area contributed by atoms with Crippen molar-refractivity contribution in [3.8, 4) is 21.9 Å². The van der Waals surface area contributed by atoms with E-state index in [-0.39, 0.29) is 0 Å². The molecule has 0 fully saturated rings. The summed E-state index contributed by atoms with van der Waals surface area (Å²) >= 11 is 6.90. The first kappa shape index (κ1) is 21.5. The van der Waals surface area contributed by atoms with Crippen LogP contribution in [-0.2, 0) is 4.74 Å². The molecule has 32 heavy (non-hydrogen) atoms. The Morgan fingerprint density at radius 3 is 2.12 bits per heavy atom. The molecule has 0 aliphatic heterocycles. The molecule has 1 heterocycles. The molecule has 7 heteroatoms. The van der Waals surface area contributed by atoms with Crippen molar-refractivity contribution in [3.63, 3.8) is 0 Å². The average molecular weight is 461 g/mol. The number of methoxy groups -OCH3 is 1. The van der Waals surface area contributed by atoms with Crippen molar-refractivity contribution in [3.05, 3.63) is 96.6 Å². The number of nitrogens with one attached hydrogen (secondary N) is 2. The fourth-order valence-electron chi connectivity index (χ4n) is 2.99. The predicted octanol–water partition coefficient (Wildman–Crippen LogP) is 6.80. The van der Waals surface area contributed by atoms with Crippen molar-refractivity contribution >= 4 is 45.3 Å². The topological polar surface area (TPSA) is 59.6 Å². The van der Waals surface area contributed by atoms with Crippen molar-refractivity contribution in [1.29, 1.82) is 0 Å². The number of esters is 1. The molecule has 4 aromatic rings. The van der Waals surface area contributed by atoms with Crippen molar-refractivity contribution < 1.29 is 14.3 Å². The van der Waals surface area contributed by atoms with E-state index in [2.05, 4.69) is 10.6 Å². The number of thiophene rings is 1. The fraction of sp³-hybridized carbons (Fsp3) is 0.0400. The number of thiocarbonyl (C=S) groups is 1. The quantitative estimate of drug-likeness (QED) is 0.244. The van der Waals surface area contributed by atoms with E-state index in [1.165, 1.54) is 18.4 Å². The smallest absolute Gasteiger partial charge is 0.340 e. The van der Waals surface area contributed by atoms with Crippen LogP contribution < -0.4 is 15.4 Å². The van der Waals surface area contributed by atoms with Crippen molar-refractivity contribution in [2.24, 2.45) is 0 Å². The van der Waals surface area contributed by atoms with E-state index in [9.17, 15) is 4.79 Å². The second-order valence-electron chi connectivity index (χ2n) is 6.73. The number of hydrogen-bond donors (Lipinski definition) is 2. The number of hydrogen-bond acceptors (Lipinski definition) is 5. The maximum atomic E-state index is 12.3. The molecule has 0 amide bonds. The summed E-state index contributed by atoms with van der Waals surface area (Å²) in [6, 6.07) is 28.7. The summed E-state index contributed by atoms with van der Waals surface area (Å²) in [4.78, 5) is 13.2. The van der Waals surface area contributed by atoms with Gasteiger partial charge in [0.05, 0.1) is 12.7 Å². The third kappa shape index (κ3) is 5.32. The molecule has 3 aromatic carbocycles. The minimum Gasteiger partial charge on any atom is -0.465 e. The molecular formula is C25H20N2O3S2. The van der Waals surface area contributed by atoms with Gasteiger partial charge in [0.15, 0.2) is 5.11 Å². The second kappa shape index (κ2) is 10.1. The van der Waals surface area contributed by atoms with E-state index in [0.717, 1.165) is 27.6 Å². The molecule has 5 nitrogen and oxygen atoms in total. The summed E-state index contributed by atoms with van der Waals surface area (Å²) < 4.78 is 10.7. The van der Waals surface area contributed by atoms with Gasteiger partial charge in [0.2, 0.25) is 0 Å². The SMILES string of the molecule is COC(=O)c1cc(-c2ccccc2)sc1NC(=S)Nc1ccc(Oc2ccccc2)cc1. The molecule has 0 saturated heterocycles. The number of rotatable bonds is 6. The van der Waals surface area contributed by atoms with Crippen molar-refractivity contribution in [1.82, 2.24) is 0 Å². The van der Waals surface area contributed by atoms with Gasteiger partial charge in [0.1, 0.15) is 16.5 Å². The van der Waals surface area contributed by atoms with Gasteiger partial charge in [-0.25, -0.2) is 4.79 Å². The summed E-state index contributed by atoms with van der Waals surface area (Å²) in [6.45, 7) is 0. The molecule has 0 radical (unpaired) electrons. The summed E-state index contributed by atoms with van der Waals surface area (Å²) in [5.74, 6) is 1.07. The molecule has 4 rings (SSSR count). The van der Waals surface area contributed by atoms with E-state index in [1.54, 1.807) is 0 Å². The molecule has 160 valence electrons. The van der Waals surface area contributed by atoms with Gasteiger partial charge in [-0.1, -0.05) is 48.5 Å². The van der Waals surface area contributed by atoms with Crippen LogP contribution in [0.4, 0.5) is 10.7 Å². The maximum Gasteiger partial charge on any atom is 0.340 e. The Labute approximate surface area is 195 Å². The minimum atomic E-state index is -0.420. The number of anilines is 2. The van der Waals surface area contributed by atoms with Crippen molar-refractivity contribution in [2.75, 3.05) is 17.7 Å². The number of carbonyl (C=O) groups is 1. The first-order valence-corrected chi connectivity index (χ1v) is 11.0. The van der Waals surface area contributed by atoms with Gasteiger partial charge in [-0.15, -0.1) is 11.3 Å². The largest absolute Gasteiger partial charge is 0.465 e. The monoisotopic (exact) mass is 460 g/mol. The predicted molar refractivity (Wildman–Crippen MR) is 134 cm³/mol. The van der Waals surface area contributed by atoms with E-state index in [0.29, 0.717) is 15.7 Å². The van der Waals surface area contributed by atoms with Crippen LogP contribution >= 0.6 is 23.6 Å². The third-order valence-corrected chi connectivity index (χ3v) is 5.82. The molecule has 0 saturated carbocycles. The lowest BCUT2D eigenvalue weighted by Gasteiger charge is -2.11. The number of benzene rings is 3. The van der Waals surface area contributed by atoms with Crippen LogP contribution in [0.2, 0.25) is 0 Å². The summed E-state index contributed by atoms with van der Waals surface area (Å²) in [5, 5.41) is 7.25. The van der Waals surface area contributed by atoms with Gasteiger partial charge < -0.3 is 20.1 Å². The van der Waals surface area contributed by atoms with Crippen LogP contribution in [0.3, 0.4) is 0 Å². The lowest BCUT2D eigenvalue weighted by Crippen LogP contribution is -2.19. The highest BCUT2D eigenvalue weighted by atomic mass is 32.1. The van der Waals surface area contributed by atoms with Gasteiger partial charge >= 0.3 is 5.97 Å². The molecular weight excluding hydrogens is 440 g/mol. The van der Waals surface area contributed by atoms with E-state index in [1.807, 2.05) is 91.0 Å². The van der Waals surface area contributed by atoms with Gasteiger partial charge in [-0.2, -0.15) is 0 Å². The normalized spacial score (nSPS) is 10.3. The molecule has 0 aliphatic carbocycles. The van der Waals surface area contributed by atoms with E-state index in [4.69, 9.17) is 21.7 Å². The minimum absolute atomic E-state index is 0.369. The summed E-state index contributed by atoms with van der Waals surface area (Å²) in [6.07, 6.45) is 0. The highest BCUT2D eigenvalue weighted by Gasteiger charge is 2.18. The second-order valence-corrected chi connectivity index (χ2v) is 8.19. The Balaban J connectivity index is 1.45. The van der Waals surface area contributed by atoms with Gasteiger partial charge in [0, 0.05) is 10.6 Å². The van der Waals surface area contributed by atoms with Crippen LogP contribution in [0.5, 0.6) is 11.5 Å². The van der Waals surface area contributed by atoms with Crippen LogP contribution in [0.15, 0.2) is 91.0 Å². The lowest BCUT2D eigenvalue weighted by atomic mass is 10.1. The van der Waals surface area contributed by atoms with Crippen molar-refractivity contribution in [2.45, 2.75) is 0 Å². The van der Waals surface area contributed by atoms with E-state index >= 15 is 0 Å². The molecule has 0 aliphatic rings. The number of carbonyl (C=O) groups excluding carboxylic acids is 1. The third-order valence-electron chi connectivity index (χ3n) is 4.51. The molecule has 0 bridgehead atoms. The summed E-state index contributed by atoms with van der Waals surface area (Å²) in [7, 11) is 1.36. The van der Waals surface area contributed by atoms with Crippen LogP contribution in [0.25, 0.3) is 10.4 Å². The fourth-order valence-corrected chi connectivity index (χ4v) is 4.33. The Hall–Kier alpha value is -3.68. The number of para-hydroxylation sites is 1. The average Bonchev–Trinajstić information content (AvgIpc) is 3.24. The molecule has 0 atom stereocenters. The highest BCUT2D eigenvalue weighted by molar-refractivity contribution is 7.80. The Kier molecular flexibility index (Phi) is 6.79. The highest BCUT2D eigenvalue weighted by Crippen LogP contribution is 2.36. The van der Waals surface area contributed by atoms with E-state index < -0.39 is 5.97 Å². The zero-order valence-corrected chi connectivity index (χ0v) is 18.8. The maximum absolute atomic E-state index is 12.3. The van der Waals surface area contributed by atoms with Gasteiger partial charge in [-0.05, 0) is 60.2 Å². The molecule has 1 aromatic heterocycles. The van der Waals surface area contributed by atoms with Crippen LogP contribution in [0.1, 0.15) is 10.4 Å². The first-order valence-electron chi connectivity index (χ1n) is 9.81. The molecule has 0 spiro atoms. The first-order chi connectivity index (χ1) is 15.6. The Morgan fingerprint density at radius 2 is 1.47 bits per heavy atom. The Bertz CT molecular complexity index is 1210. The zero-order chi connectivity index (χ0) is 22.3. The lowest BCUT2D eigenvalue weighted by molar-refractivity contribution is 0.0602. The standard InChI is InChI=1S/C25H20N2O3S2/c1-29-24(28)21-16-22(17-8-4-2-5-9-17)32-23(21)27-25(31)26-18-12-14-20(15-13-18)30-19-10-6-3-7-11-19/h2-16H,1H3,(H2,26,27,31). The number of ether oxygens (including phenoxy) is 2. The molecule has 0 unspecified atom stereocenters. The summed E-state index contributed by atoms with van der Waals surface area (Å²) in [5.41, 5.74) is 2.25. The van der Waals surface area contributed by atoms with Crippen LogP contribution in [-0.4, -0.2) is 18.2 Å². The Morgan fingerprint density at radius 1 is 0.844 bits per heavy atom.